The molecule has 0 saturated heterocycles. The summed E-state index contributed by atoms with van der Waals surface area (Å²) in [6.07, 6.45) is 3.67. The third-order valence-corrected chi connectivity index (χ3v) is 4.71. The highest BCUT2D eigenvalue weighted by molar-refractivity contribution is 7.16. The minimum absolute atomic E-state index is 0.726. The van der Waals surface area contributed by atoms with Gasteiger partial charge in [0.05, 0.1) is 21.6 Å². The summed E-state index contributed by atoms with van der Waals surface area (Å²) >= 11 is 1.61. The van der Waals surface area contributed by atoms with Gasteiger partial charge < -0.3 is 11.1 Å². The molecule has 0 saturated carbocycles. The maximum absolute atomic E-state index is 6.21. The summed E-state index contributed by atoms with van der Waals surface area (Å²) in [6, 6.07) is 10.7. The zero-order chi connectivity index (χ0) is 13.5. The molecule has 3 aromatic rings. The monoisotopic (exact) mass is 281 g/mol. The number of anilines is 3. The molecule has 0 fully saturated rings. The van der Waals surface area contributed by atoms with Crippen molar-refractivity contribution in [3.05, 3.63) is 47.0 Å². The second-order valence-electron chi connectivity index (χ2n) is 5.19. The third-order valence-electron chi connectivity index (χ3n) is 3.92. The van der Waals surface area contributed by atoms with E-state index >= 15 is 0 Å². The van der Waals surface area contributed by atoms with E-state index in [1.165, 1.54) is 30.4 Å². The number of aromatic nitrogens is 1. The van der Waals surface area contributed by atoms with E-state index in [0.717, 1.165) is 27.3 Å². The lowest BCUT2D eigenvalue weighted by molar-refractivity contribution is 0.912. The van der Waals surface area contributed by atoms with E-state index in [9.17, 15) is 0 Å². The average molecular weight is 281 g/mol. The molecule has 1 aromatic heterocycles. The highest BCUT2D eigenvalue weighted by Crippen LogP contribution is 2.33. The standard InChI is InChI=1S/C16H15N3S/c17-15-13(6-7-14-16(15)18-9-20-14)19-12-5-4-10-2-1-3-11(10)8-12/h4-9,19H,1-3,17H2. The molecule has 4 heteroatoms. The van der Waals surface area contributed by atoms with E-state index in [1.54, 1.807) is 11.3 Å². The van der Waals surface area contributed by atoms with Crippen LogP contribution in [0.4, 0.5) is 17.1 Å². The molecule has 0 bridgehead atoms. The maximum Gasteiger partial charge on any atom is 0.106 e. The van der Waals surface area contributed by atoms with Crippen LogP contribution in [0.5, 0.6) is 0 Å². The van der Waals surface area contributed by atoms with Gasteiger partial charge in [0.15, 0.2) is 0 Å². The number of nitrogens with one attached hydrogen (secondary N) is 1. The molecule has 100 valence electrons. The predicted octanol–water partition coefficient (Wildman–Crippen LogP) is 4.11. The first kappa shape index (κ1) is 11.7. The Balaban J connectivity index is 1.72. The Bertz CT molecular complexity index is 792. The van der Waals surface area contributed by atoms with Crippen LogP contribution in [0.2, 0.25) is 0 Å². The molecule has 20 heavy (non-hydrogen) atoms. The number of nitrogen functional groups attached to an aromatic ring is 1. The number of thiazole rings is 1. The molecular formula is C16H15N3S. The molecule has 1 aliphatic carbocycles. The Hall–Kier alpha value is -2.07. The molecule has 0 unspecified atom stereocenters. The van der Waals surface area contributed by atoms with Crippen molar-refractivity contribution in [2.75, 3.05) is 11.1 Å². The molecule has 0 radical (unpaired) electrons. The van der Waals surface area contributed by atoms with Gasteiger partial charge in [-0.3, -0.25) is 0 Å². The summed E-state index contributed by atoms with van der Waals surface area (Å²) in [5.74, 6) is 0. The highest BCUT2D eigenvalue weighted by Gasteiger charge is 2.12. The van der Waals surface area contributed by atoms with Gasteiger partial charge in [0.2, 0.25) is 0 Å². The van der Waals surface area contributed by atoms with Gasteiger partial charge in [0.25, 0.3) is 0 Å². The van der Waals surface area contributed by atoms with Crippen LogP contribution in [-0.4, -0.2) is 4.98 Å². The fraction of sp³-hybridized carbons (Fsp3) is 0.188. The smallest absolute Gasteiger partial charge is 0.106 e. The average Bonchev–Trinajstić information content (AvgIpc) is 3.10. The number of fused-ring (bicyclic) bond motifs is 2. The first-order valence-electron chi connectivity index (χ1n) is 6.82. The van der Waals surface area contributed by atoms with Crippen LogP contribution in [0.1, 0.15) is 17.5 Å². The Morgan fingerprint density at radius 1 is 1.10 bits per heavy atom. The third kappa shape index (κ3) is 1.84. The lowest BCUT2D eigenvalue weighted by Crippen LogP contribution is -1.97. The van der Waals surface area contributed by atoms with Gasteiger partial charge in [-0.15, -0.1) is 11.3 Å². The second kappa shape index (κ2) is 4.49. The topological polar surface area (TPSA) is 50.9 Å². The summed E-state index contributed by atoms with van der Waals surface area (Å²) in [5, 5.41) is 3.42. The fourth-order valence-electron chi connectivity index (χ4n) is 2.87. The summed E-state index contributed by atoms with van der Waals surface area (Å²) < 4.78 is 1.13. The van der Waals surface area contributed by atoms with Crippen molar-refractivity contribution in [3.8, 4) is 0 Å². The zero-order valence-corrected chi connectivity index (χ0v) is 11.8. The number of nitrogens with two attached hydrogens (primary N) is 1. The molecule has 2 aromatic carbocycles. The van der Waals surface area contributed by atoms with E-state index < -0.39 is 0 Å². The Morgan fingerprint density at radius 3 is 2.95 bits per heavy atom. The minimum Gasteiger partial charge on any atom is -0.395 e. The van der Waals surface area contributed by atoms with Crippen LogP contribution >= 0.6 is 11.3 Å². The van der Waals surface area contributed by atoms with Crippen molar-refractivity contribution < 1.29 is 0 Å². The summed E-state index contributed by atoms with van der Waals surface area (Å²) in [6.45, 7) is 0. The zero-order valence-electron chi connectivity index (χ0n) is 11.0. The van der Waals surface area contributed by atoms with E-state index in [-0.39, 0.29) is 0 Å². The minimum atomic E-state index is 0.726. The lowest BCUT2D eigenvalue weighted by atomic mass is 10.1. The lowest BCUT2D eigenvalue weighted by Gasteiger charge is -2.11. The predicted molar refractivity (Wildman–Crippen MR) is 85.8 cm³/mol. The maximum atomic E-state index is 6.21. The molecule has 0 atom stereocenters. The van der Waals surface area contributed by atoms with Gasteiger partial charge in [-0.1, -0.05) is 6.07 Å². The summed E-state index contributed by atoms with van der Waals surface area (Å²) in [7, 11) is 0. The van der Waals surface area contributed by atoms with Crippen LogP contribution in [-0.2, 0) is 12.8 Å². The molecule has 0 aliphatic heterocycles. The van der Waals surface area contributed by atoms with Crippen molar-refractivity contribution >= 4 is 38.6 Å². The van der Waals surface area contributed by atoms with Crippen LogP contribution in [0.25, 0.3) is 10.2 Å². The highest BCUT2D eigenvalue weighted by atomic mass is 32.1. The second-order valence-corrected chi connectivity index (χ2v) is 6.07. The number of hydrogen-bond acceptors (Lipinski definition) is 4. The molecule has 1 heterocycles. The van der Waals surface area contributed by atoms with Crippen LogP contribution < -0.4 is 11.1 Å². The molecular weight excluding hydrogens is 266 g/mol. The van der Waals surface area contributed by atoms with Crippen molar-refractivity contribution in [1.82, 2.24) is 4.98 Å². The van der Waals surface area contributed by atoms with Gasteiger partial charge in [-0.2, -0.15) is 0 Å². The molecule has 1 aliphatic rings. The largest absolute Gasteiger partial charge is 0.395 e. The van der Waals surface area contributed by atoms with Gasteiger partial charge in [0, 0.05) is 5.69 Å². The number of benzene rings is 2. The first-order chi connectivity index (χ1) is 9.81. The van der Waals surface area contributed by atoms with Gasteiger partial charge in [0.1, 0.15) is 5.52 Å². The molecule has 0 spiro atoms. The summed E-state index contributed by atoms with van der Waals surface area (Å²) in [4.78, 5) is 4.33. The first-order valence-corrected chi connectivity index (χ1v) is 7.70. The van der Waals surface area contributed by atoms with E-state index in [1.807, 2.05) is 11.6 Å². The Labute approximate surface area is 121 Å². The van der Waals surface area contributed by atoms with Crippen LogP contribution in [0, 0.1) is 0 Å². The Kier molecular flexibility index (Phi) is 2.63. The molecule has 0 amide bonds. The SMILES string of the molecule is Nc1c(Nc2ccc3c(c2)CCC3)ccc2scnc12. The number of nitrogens with zero attached hydrogens (tertiary/aromatic N) is 1. The summed E-state index contributed by atoms with van der Waals surface area (Å²) in [5.41, 5.74) is 14.6. The van der Waals surface area contributed by atoms with Gasteiger partial charge in [-0.05, 0) is 54.7 Å². The number of aryl methyl sites for hydroxylation is 2. The molecule has 3 nitrogen and oxygen atoms in total. The van der Waals surface area contributed by atoms with E-state index in [2.05, 4.69) is 34.6 Å². The van der Waals surface area contributed by atoms with E-state index in [0.29, 0.717) is 0 Å². The van der Waals surface area contributed by atoms with Crippen LogP contribution in [0.3, 0.4) is 0 Å². The quantitative estimate of drug-likeness (QED) is 0.695. The fourth-order valence-corrected chi connectivity index (χ4v) is 3.56. The van der Waals surface area contributed by atoms with Gasteiger partial charge in [-0.25, -0.2) is 4.98 Å². The van der Waals surface area contributed by atoms with E-state index in [4.69, 9.17) is 5.73 Å². The van der Waals surface area contributed by atoms with Crippen LogP contribution in [0.15, 0.2) is 35.8 Å². The Morgan fingerprint density at radius 2 is 2.00 bits per heavy atom. The number of hydrogen-bond donors (Lipinski definition) is 2. The number of rotatable bonds is 2. The normalized spacial score (nSPS) is 13.6. The van der Waals surface area contributed by atoms with Crippen molar-refractivity contribution in [3.63, 3.8) is 0 Å². The van der Waals surface area contributed by atoms with Crippen molar-refractivity contribution in [1.29, 1.82) is 0 Å². The van der Waals surface area contributed by atoms with Gasteiger partial charge >= 0.3 is 0 Å². The molecule has 3 N–H and O–H groups in total. The molecule has 4 rings (SSSR count). The van der Waals surface area contributed by atoms with Crippen molar-refractivity contribution in [2.24, 2.45) is 0 Å². The van der Waals surface area contributed by atoms with Crippen molar-refractivity contribution in [2.45, 2.75) is 19.3 Å².